The fraction of sp³-hybridized carbons (Fsp3) is 0.417. The molecule has 0 saturated heterocycles. The van der Waals surface area contributed by atoms with Gasteiger partial charge in [0.2, 0.25) is 0 Å². The molecule has 3 amide bonds. The van der Waals surface area contributed by atoms with Gasteiger partial charge in [-0.3, -0.25) is 4.79 Å². The second kappa shape index (κ2) is 10.8. The maximum absolute atomic E-state index is 13.5. The minimum absolute atomic E-state index is 0.0205. The van der Waals surface area contributed by atoms with E-state index in [2.05, 4.69) is 24.5 Å². The van der Waals surface area contributed by atoms with E-state index in [4.69, 9.17) is 0 Å². The lowest BCUT2D eigenvalue weighted by molar-refractivity contribution is 0.102. The molecule has 0 aliphatic carbocycles. The topological polar surface area (TPSA) is 64.7 Å². The molecule has 0 saturated carbocycles. The number of hydrogen-bond donors (Lipinski definition) is 2. The molecule has 2 N–H and O–H groups in total. The Labute approximate surface area is 184 Å². The SMILES string of the molecule is CCNC(=O)N(Cc1cc(NC(=O)c2cccc(F)c2)ccc1N(C)C)[C@H](C)C(C)C. The Morgan fingerprint density at radius 3 is 2.35 bits per heavy atom. The average molecular weight is 429 g/mol. The van der Waals surface area contributed by atoms with Crippen LogP contribution >= 0.6 is 0 Å². The monoisotopic (exact) mass is 428 g/mol. The van der Waals surface area contributed by atoms with Gasteiger partial charge in [-0.25, -0.2) is 9.18 Å². The number of carbonyl (C=O) groups excluding carboxylic acids is 2. The summed E-state index contributed by atoms with van der Waals surface area (Å²) in [5.41, 5.74) is 2.69. The maximum atomic E-state index is 13.5. The average Bonchev–Trinajstić information content (AvgIpc) is 2.71. The van der Waals surface area contributed by atoms with Crippen LogP contribution in [0.2, 0.25) is 0 Å². The molecular weight excluding hydrogens is 395 g/mol. The van der Waals surface area contributed by atoms with Crippen molar-refractivity contribution in [1.29, 1.82) is 0 Å². The first-order chi connectivity index (χ1) is 14.6. The van der Waals surface area contributed by atoms with Crippen molar-refractivity contribution >= 4 is 23.3 Å². The summed E-state index contributed by atoms with van der Waals surface area (Å²) < 4.78 is 13.5. The van der Waals surface area contributed by atoms with Gasteiger partial charge in [0.1, 0.15) is 5.82 Å². The molecule has 31 heavy (non-hydrogen) atoms. The third kappa shape index (κ3) is 6.44. The molecule has 2 aromatic carbocycles. The second-order valence-electron chi connectivity index (χ2n) is 8.15. The van der Waals surface area contributed by atoms with Crippen molar-refractivity contribution in [3.8, 4) is 0 Å². The summed E-state index contributed by atoms with van der Waals surface area (Å²) in [5, 5.41) is 5.72. The van der Waals surface area contributed by atoms with E-state index < -0.39 is 5.82 Å². The van der Waals surface area contributed by atoms with E-state index in [1.165, 1.54) is 18.2 Å². The third-order valence-corrected chi connectivity index (χ3v) is 5.29. The van der Waals surface area contributed by atoms with Crippen LogP contribution in [-0.4, -0.2) is 43.5 Å². The van der Waals surface area contributed by atoms with Gasteiger partial charge in [0, 0.05) is 50.2 Å². The summed E-state index contributed by atoms with van der Waals surface area (Å²) >= 11 is 0. The van der Waals surface area contributed by atoms with Crippen molar-refractivity contribution in [1.82, 2.24) is 10.2 Å². The maximum Gasteiger partial charge on any atom is 0.317 e. The highest BCUT2D eigenvalue weighted by atomic mass is 19.1. The van der Waals surface area contributed by atoms with E-state index in [9.17, 15) is 14.0 Å². The molecule has 0 heterocycles. The first-order valence-corrected chi connectivity index (χ1v) is 10.6. The van der Waals surface area contributed by atoms with E-state index in [0.29, 0.717) is 18.8 Å². The Morgan fingerprint density at radius 1 is 1.06 bits per heavy atom. The highest BCUT2D eigenvalue weighted by Crippen LogP contribution is 2.26. The summed E-state index contributed by atoms with van der Waals surface area (Å²) in [4.78, 5) is 29.1. The molecule has 0 aliphatic heterocycles. The number of nitrogens with one attached hydrogen (secondary N) is 2. The Balaban J connectivity index is 2.35. The molecule has 6 nitrogen and oxygen atoms in total. The number of urea groups is 1. The minimum Gasteiger partial charge on any atom is -0.377 e. The summed E-state index contributed by atoms with van der Waals surface area (Å²) in [6, 6.07) is 11.0. The van der Waals surface area contributed by atoms with Crippen LogP contribution in [0.25, 0.3) is 0 Å². The van der Waals surface area contributed by atoms with Crippen LogP contribution in [0.5, 0.6) is 0 Å². The lowest BCUT2D eigenvalue weighted by Gasteiger charge is -2.33. The smallest absolute Gasteiger partial charge is 0.317 e. The van der Waals surface area contributed by atoms with E-state index in [1.807, 2.05) is 49.9 Å². The Morgan fingerprint density at radius 2 is 1.77 bits per heavy atom. The number of carbonyl (C=O) groups is 2. The van der Waals surface area contributed by atoms with Crippen LogP contribution < -0.4 is 15.5 Å². The van der Waals surface area contributed by atoms with E-state index in [-0.39, 0.29) is 29.5 Å². The van der Waals surface area contributed by atoms with Gasteiger partial charge >= 0.3 is 6.03 Å². The van der Waals surface area contributed by atoms with Gasteiger partial charge < -0.3 is 20.4 Å². The van der Waals surface area contributed by atoms with Crippen molar-refractivity contribution in [2.75, 3.05) is 30.9 Å². The zero-order valence-corrected chi connectivity index (χ0v) is 19.2. The van der Waals surface area contributed by atoms with Crippen molar-refractivity contribution in [3.63, 3.8) is 0 Å². The van der Waals surface area contributed by atoms with Crippen molar-refractivity contribution in [2.45, 2.75) is 40.3 Å². The zero-order chi connectivity index (χ0) is 23.1. The number of nitrogens with zero attached hydrogens (tertiary/aromatic N) is 2. The number of amides is 3. The first kappa shape index (κ1) is 24.2. The molecule has 0 fully saturated rings. The highest BCUT2D eigenvalue weighted by Gasteiger charge is 2.24. The fourth-order valence-electron chi connectivity index (χ4n) is 3.26. The molecule has 0 spiro atoms. The normalized spacial score (nSPS) is 11.7. The molecule has 0 radical (unpaired) electrons. The number of hydrogen-bond acceptors (Lipinski definition) is 3. The third-order valence-electron chi connectivity index (χ3n) is 5.29. The lowest BCUT2D eigenvalue weighted by atomic mass is 10.0. The lowest BCUT2D eigenvalue weighted by Crippen LogP contribution is -2.46. The van der Waals surface area contributed by atoms with Gasteiger partial charge in [-0.2, -0.15) is 0 Å². The second-order valence-corrected chi connectivity index (χ2v) is 8.15. The van der Waals surface area contributed by atoms with Crippen LogP contribution in [0, 0.1) is 11.7 Å². The molecule has 7 heteroatoms. The predicted octanol–water partition coefficient (Wildman–Crippen LogP) is 4.72. The van der Waals surface area contributed by atoms with Crippen molar-refractivity contribution < 1.29 is 14.0 Å². The van der Waals surface area contributed by atoms with E-state index in [1.54, 1.807) is 12.1 Å². The summed E-state index contributed by atoms with van der Waals surface area (Å²) in [6.07, 6.45) is 0. The molecule has 168 valence electrons. The van der Waals surface area contributed by atoms with E-state index >= 15 is 0 Å². The van der Waals surface area contributed by atoms with Crippen LogP contribution in [0.1, 0.15) is 43.6 Å². The molecule has 0 unspecified atom stereocenters. The van der Waals surface area contributed by atoms with Crippen LogP contribution in [0.15, 0.2) is 42.5 Å². The van der Waals surface area contributed by atoms with Gasteiger partial charge in [0.15, 0.2) is 0 Å². The summed E-state index contributed by atoms with van der Waals surface area (Å²) in [7, 11) is 3.87. The fourth-order valence-corrected chi connectivity index (χ4v) is 3.26. The molecule has 0 aliphatic rings. The predicted molar refractivity (Wildman–Crippen MR) is 124 cm³/mol. The van der Waals surface area contributed by atoms with E-state index in [0.717, 1.165) is 11.3 Å². The molecule has 2 aromatic rings. The van der Waals surface area contributed by atoms with Gasteiger partial charge in [0.25, 0.3) is 5.91 Å². The van der Waals surface area contributed by atoms with Gasteiger partial charge in [-0.05, 0) is 61.7 Å². The first-order valence-electron chi connectivity index (χ1n) is 10.6. The number of rotatable bonds is 8. The van der Waals surface area contributed by atoms with Crippen LogP contribution in [-0.2, 0) is 6.54 Å². The van der Waals surface area contributed by atoms with Crippen LogP contribution in [0.3, 0.4) is 0 Å². The number of benzene rings is 2. The van der Waals surface area contributed by atoms with Gasteiger partial charge in [0.05, 0.1) is 0 Å². The summed E-state index contributed by atoms with van der Waals surface area (Å²) in [5.74, 6) is -0.572. The minimum atomic E-state index is -0.462. The van der Waals surface area contributed by atoms with Gasteiger partial charge in [-0.1, -0.05) is 19.9 Å². The molecule has 0 bridgehead atoms. The van der Waals surface area contributed by atoms with Crippen molar-refractivity contribution in [3.05, 3.63) is 59.4 Å². The molecule has 2 rings (SSSR count). The zero-order valence-electron chi connectivity index (χ0n) is 19.2. The number of anilines is 2. The quantitative estimate of drug-likeness (QED) is 0.639. The molecule has 1 atom stereocenters. The standard InChI is InChI=1S/C24H33FN4O2/c1-7-26-24(31)29(17(4)16(2)3)15-19-14-21(11-12-22(19)28(5)6)27-23(30)18-9-8-10-20(25)13-18/h8-14,16-17H,7,15H2,1-6H3,(H,26,31)(H,27,30)/t17-/m1/s1. The Bertz CT molecular complexity index is 914. The number of halogens is 1. The Kier molecular flexibility index (Phi) is 8.42. The molecule has 0 aromatic heterocycles. The van der Waals surface area contributed by atoms with Gasteiger partial charge in [-0.15, -0.1) is 0 Å². The van der Waals surface area contributed by atoms with Crippen LogP contribution in [0.4, 0.5) is 20.6 Å². The highest BCUT2D eigenvalue weighted by molar-refractivity contribution is 6.04. The largest absolute Gasteiger partial charge is 0.377 e. The molecular formula is C24H33FN4O2. The Hall–Kier alpha value is -3.09. The summed E-state index contributed by atoms with van der Waals surface area (Å²) in [6.45, 7) is 9.03. The van der Waals surface area contributed by atoms with Crippen molar-refractivity contribution in [2.24, 2.45) is 5.92 Å².